The summed E-state index contributed by atoms with van der Waals surface area (Å²) in [6.45, 7) is 0. The fourth-order valence-corrected chi connectivity index (χ4v) is 5.59. The second-order valence-corrected chi connectivity index (χ2v) is 8.23. The van der Waals surface area contributed by atoms with Crippen molar-refractivity contribution in [3.8, 4) is 0 Å². The third kappa shape index (κ3) is 2.52. The number of benzene rings is 1. The van der Waals surface area contributed by atoms with E-state index >= 15 is 0 Å². The number of methoxy groups -OCH3 is 2. The third-order valence-electron chi connectivity index (χ3n) is 5.15. The Kier molecular flexibility index (Phi) is 4.37. The van der Waals surface area contributed by atoms with Crippen LogP contribution in [-0.2, 0) is 24.1 Å². The minimum absolute atomic E-state index is 0.0695. The summed E-state index contributed by atoms with van der Waals surface area (Å²) in [6, 6.07) is 4.37. The summed E-state index contributed by atoms with van der Waals surface area (Å²) in [5.74, 6) is -3.37. The first-order valence-electron chi connectivity index (χ1n) is 7.74. The number of rotatable bonds is 6. The standard InChI is InChI=1S/C16H17NO8S/c1-24-16(25-2)8-9-7-12(13(14(9)16)15(18)19)26(22,23)11-5-3-10(4-6-11)17(20)21/h3-6,9,14H,7-8H2,1-2H3,(H,18,19). The topological polar surface area (TPSA) is 133 Å². The molecule has 1 aromatic rings. The van der Waals surface area contributed by atoms with Crippen molar-refractivity contribution < 1.29 is 32.7 Å². The van der Waals surface area contributed by atoms with Gasteiger partial charge in [-0.15, -0.1) is 0 Å². The molecule has 2 aliphatic carbocycles. The predicted octanol–water partition coefficient (Wildman–Crippen LogP) is 1.74. The first kappa shape index (κ1) is 18.5. The van der Waals surface area contributed by atoms with Crippen LogP contribution in [0.25, 0.3) is 0 Å². The molecule has 2 aliphatic rings. The molecule has 1 aromatic carbocycles. The molecule has 1 saturated carbocycles. The van der Waals surface area contributed by atoms with E-state index in [-0.39, 0.29) is 33.4 Å². The maximum absolute atomic E-state index is 13.0. The molecule has 10 heteroatoms. The van der Waals surface area contributed by atoms with Gasteiger partial charge in [0, 0.05) is 38.7 Å². The van der Waals surface area contributed by atoms with Gasteiger partial charge < -0.3 is 14.6 Å². The Morgan fingerprint density at radius 3 is 2.31 bits per heavy atom. The highest BCUT2D eigenvalue weighted by Crippen LogP contribution is 2.59. The summed E-state index contributed by atoms with van der Waals surface area (Å²) in [5, 5.41) is 20.4. The lowest BCUT2D eigenvalue weighted by Crippen LogP contribution is -2.56. The van der Waals surface area contributed by atoms with Crippen molar-refractivity contribution in [2.75, 3.05) is 14.2 Å². The molecule has 3 rings (SSSR count). The van der Waals surface area contributed by atoms with Gasteiger partial charge in [-0.05, 0) is 24.5 Å². The number of hydrogen-bond acceptors (Lipinski definition) is 7. The van der Waals surface area contributed by atoms with Crippen LogP contribution in [0.4, 0.5) is 5.69 Å². The van der Waals surface area contributed by atoms with Crippen LogP contribution in [-0.4, -0.2) is 44.4 Å². The predicted molar refractivity (Wildman–Crippen MR) is 87.9 cm³/mol. The second kappa shape index (κ2) is 6.15. The van der Waals surface area contributed by atoms with Gasteiger partial charge in [-0.3, -0.25) is 10.1 Å². The Morgan fingerprint density at radius 1 is 1.27 bits per heavy atom. The van der Waals surface area contributed by atoms with Crippen LogP contribution in [0.5, 0.6) is 0 Å². The van der Waals surface area contributed by atoms with Gasteiger partial charge in [0.2, 0.25) is 9.84 Å². The van der Waals surface area contributed by atoms with Crippen molar-refractivity contribution in [3.63, 3.8) is 0 Å². The Labute approximate surface area is 149 Å². The first-order chi connectivity index (χ1) is 12.2. The highest BCUT2D eigenvalue weighted by molar-refractivity contribution is 7.95. The van der Waals surface area contributed by atoms with Crippen LogP contribution in [0.3, 0.4) is 0 Å². The lowest BCUT2D eigenvalue weighted by Gasteiger charge is -2.50. The summed E-state index contributed by atoms with van der Waals surface area (Å²) in [7, 11) is -1.32. The number of nitro benzene ring substituents is 1. The quantitative estimate of drug-likeness (QED) is 0.446. The van der Waals surface area contributed by atoms with Crippen LogP contribution in [0.1, 0.15) is 12.8 Å². The minimum Gasteiger partial charge on any atom is -0.478 e. The van der Waals surface area contributed by atoms with Gasteiger partial charge in [0.1, 0.15) is 0 Å². The fourth-order valence-electron chi connectivity index (χ4n) is 3.88. The van der Waals surface area contributed by atoms with E-state index in [0.29, 0.717) is 6.42 Å². The summed E-state index contributed by atoms with van der Waals surface area (Å²) in [5.41, 5.74) is -0.482. The number of nitrogens with zero attached hydrogens (tertiary/aromatic N) is 1. The molecule has 0 radical (unpaired) electrons. The number of sulfone groups is 1. The van der Waals surface area contributed by atoms with Crippen LogP contribution >= 0.6 is 0 Å². The molecule has 0 bridgehead atoms. The maximum Gasteiger partial charge on any atom is 0.333 e. The molecule has 26 heavy (non-hydrogen) atoms. The molecule has 9 nitrogen and oxygen atoms in total. The van der Waals surface area contributed by atoms with Gasteiger partial charge in [0.25, 0.3) is 5.69 Å². The average molecular weight is 383 g/mol. The molecular formula is C16H17NO8S. The molecule has 0 aliphatic heterocycles. The van der Waals surface area contributed by atoms with E-state index in [4.69, 9.17) is 9.47 Å². The van der Waals surface area contributed by atoms with Gasteiger partial charge in [-0.1, -0.05) is 0 Å². The van der Waals surface area contributed by atoms with Crippen molar-refractivity contribution in [1.82, 2.24) is 0 Å². The largest absolute Gasteiger partial charge is 0.478 e. The lowest BCUT2D eigenvalue weighted by atomic mass is 9.67. The fraction of sp³-hybridized carbons (Fsp3) is 0.438. The Morgan fingerprint density at radius 2 is 1.85 bits per heavy atom. The number of non-ortho nitro benzene ring substituents is 1. The summed E-state index contributed by atoms with van der Waals surface area (Å²) >= 11 is 0. The van der Waals surface area contributed by atoms with Crippen molar-refractivity contribution in [3.05, 3.63) is 44.9 Å². The van der Waals surface area contributed by atoms with E-state index in [1.807, 2.05) is 0 Å². The lowest BCUT2D eigenvalue weighted by molar-refractivity contribution is -0.384. The van der Waals surface area contributed by atoms with Gasteiger partial charge in [0.15, 0.2) is 5.79 Å². The number of hydrogen-bond donors (Lipinski definition) is 1. The summed E-state index contributed by atoms with van der Waals surface area (Å²) < 4.78 is 36.6. The Hall–Kier alpha value is -2.30. The Bertz CT molecular complexity index is 899. The third-order valence-corrected chi connectivity index (χ3v) is 7.08. The number of carboxylic acids is 1. The molecular weight excluding hydrogens is 366 g/mol. The van der Waals surface area contributed by atoms with Gasteiger partial charge >= 0.3 is 5.97 Å². The molecule has 2 unspecified atom stereocenters. The number of nitro groups is 1. The number of aliphatic carboxylic acids is 1. The van der Waals surface area contributed by atoms with E-state index in [1.165, 1.54) is 14.2 Å². The molecule has 140 valence electrons. The van der Waals surface area contributed by atoms with Crippen molar-refractivity contribution in [1.29, 1.82) is 0 Å². The van der Waals surface area contributed by atoms with Crippen LogP contribution in [0.2, 0.25) is 0 Å². The minimum atomic E-state index is -4.10. The van der Waals surface area contributed by atoms with Crippen molar-refractivity contribution in [2.24, 2.45) is 11.8 Å². The summed E-state index contributed by atoms with van der Waals surface area (Å²) in [4.78, 5) is 21.5. The monoisotopic (exact) mass is 383 g/mol. The molecule has 0 aromatic heterocycles. The van der Waals surface area contributed by atoms with Gasteiger partial charge in [0.05, 0.1) is 20.3 Å². The van der Waals surface area contributed by atoms with E-state index in [9.17, 15) is 28.4 Å². The zero-order chi connectivity index (χ0) is 19.3. The van der Waals surface area contributed by atoms with E-state index < -0.39 is 32.4 Å². The maximum atomic E-state index is 13.0. The second-order valence-electron chi connectivity index (χ2n) is 6.26. The molecule has 0 amide bonds. The van der Waals surface area contributed by atoms with E-state index in [1.54, 1.807) is 0 Å². The molecule has 0 spiro atoms. The van der Waals surface area contributed by atoms with Crippen LogP contribution in [0, 0.1) is 22.0 Å². The van der Waals surface area contributed by atoms with Gasteiger partial charge in [-0.2, -0.15) is 0 Å². The average Bonchev–Trinajstić information content (AvgIpc) is 2.92. The highest BCUT2D eigenvalue weighted by Gasteiger charge is 2.63. The SMILES string of the molecule is COC1(OC)CC2CC(S(=O)(=O)c3ccc([N+](=O)[O-])cc3)=C(C(=O)O)C21. The number of ether oxygens (including phenoxy) is 2. The van der Waals surface area contributed by atoms with Crippen LogP contribution in [0.15, 0.2) is 39.6 Å². The number of carboxylic acid groups (broad SMARTS) is 1. The Balaban J connectivity index is 2.08. The number of allylic oxidation sites excluding steroid dienone is 1. The van der Waals surface area contributed by atoms with Crippen LogP contribution < -0.4 is 0 Å². The molecule has 1 N–H and O–H groups in total. The zero-order valence-corrected chi connectivity index (χ0v) is 14.9. The highest BCUT2D eigenvalue weighted by atomic mass is 32.2. The summed E-state index contributed by atoms with van der Waals surface area (Å²) in [6.07, 6.45) is 0.459. The van der Waals surface area contributed by atoms with Crippen molar-refractivity contribution >= 4 is 21.5 Å². The normalized spacial score (nSPS) is 24.1. The first-order valence-corrected chi connectivity index (χ1v) is 9.22. The van der Waals surface area contributed by atoms with Gasteiger partial charge in [-0.25, -0.2) is 13.2 Å². The number of fused-ring (bicyclic) bond motifs is 1. The number of carbonyl (C=O) groups is 1. The zero-order valence-electron chi connectivity index (χ0n) is 14.0. The molecule has 0 saturated heterocycles. The molecule has 1 fully saturated rings. The molecule has 0 heterocycles. The van der Waals surface area contributed by atoms with E-state index in [0.717, 1.165) is 24.3 Å². The van der Waals surface area contributed by atoms with E-state index in [2.05, 4.69) is 0 Å². The molecule has 2 atom stereocenters. The smallest absolute Gasteiger partial charge is 0.333 e. The van der Waals surface area contributed by atoms with Crippen molar-refractivity contribution in [2.45, 2.75) is 23.5 Å².